The Hall–Kier alpha value is -1.22. The molecule has 0 heterocycles. The zero-order chi connectivity index (χ0) is 11.3. The van der Waals surface area contributed by atoms with Crippen molar-refractivity contribution in [3.63, 3.8) is 0 Å². The lowest BCUT2D eigenvalue weighted by Crippen LogP contribution is -2.20. The number of hydrogen-bond donors (Lipinski definition) is 1. The highest BCUT2D eigenvalue weighted by molar-refractivity contribution is 6.30. The van der Waals surface area contributed by atoms with Crippen LogP contribution >= 0.6 is 11.6 Å². The lowest BCUT2D eigenvalue weighted by molar-refractivity contribution is -0.140. The van der Waals surface area contributed by atoms with Crippen molar-refractivity contribution in [2.24, 2.45) is 0 Å². The quantitative estimate of drug-likeness (QED) is 0.804. The van der Waals surface area contributed by atoms with Crippen molar-refractivity contribution in [3.05, 3.63) is 29.3 Å². The number of ether oxygens (including phenoxy) is 1. The summed E-state index contributed by atoms with van der Waals surface area (Å²) in [7, 11) is 1.39. The smallest absolute Gasteiger partial charge is 0.307 e. The lowest BCUT2D eigenvalue weighted by Gasteiger charge is -2.13. The molecule has 0 bridgehead atoms. The number of rotatable bonds is 4. The van der Waals surface area contributed by atoms with E-state index >= 15 is 0 Å². The number of nitrogens with one attached hydrogen (secondary N) is 1. The van der Waals surface area contributed by atoms with Crippen LogP contribution in [0.4, 0.5) is 5.69 Å². The molecule has 0 aliphatic carbocycles. The molecule has 1 atom stereocenters. The van der Waals surface area contributed by atoms with Gasteiger partial charge in [-0.2, -0.15) is 0 Å². The predicted molar refractivity (Wildman–Crippen MR) is 61.2 cm³/mol. The zero-order valence-electron chi connectivity index (χ0n) is 8.79. The number of esters is 1. The third-order valence-corrected chi connectivity index (χ3v) is 2.21. The van der Waals surface area contributed by atoms with Crippen LogP contribution in [0, 0.1) is 0 Å². The van der Waals surface area contributed by atoms with Gasteiger partial charge in [0.2, 0.25) is 0 Å². The van der Waals surface area contributed by atoms with Crippen LogP contribution in [-0.2, 0) is 9.53 Å². The van der Waals surface area contributed by atoms with Gasteiger partial charge in [0, 0.05) is 16.8 Å². The summed E-state index contributed by atoms with van der Waals surface area (Å²) in [6.07, 6.45) is 0.346. The Kier molecular flexibility index (Phi) is 4.43. The fraction of sp³-hybridized carbons (Fsp3) is 0.364. The van der Waals surface area contributed by atoms with Gasteiger partial charge in [0.25, 0.3) is 0 Å². The van der Waals surface area contributed by atoms with E-state index in [4.69, 9.17) is 11.6 Å². The number of halogens is 1. The van der Waals surface area contributed by atoms with E-state index in [1.165, 1.54) is 7.11 Å². The molecular weight excluding hydrogens is 214 g/mol. The number of carbonyl (C=O) groups is 1. The first-order valence-corrected chi connectivity index (χ1v) is 5.08. The summed E-state index contributed by atoms with van der Waals surface area (Å²) in [5, 5.41) is 3.87. The number of methoxy groups -OCH3 is 1. The fourth-order valence-corrected chi connectivity index (χ4v) is 1.34. The SMILES string of the molecule is COC(=O)C[C@@H](C)Nc1ccc(Cl)cc1. The van der Waals surface area contributed by atoms with Crippen molar-refractivity contribution in [1.82, 2.24) is 0 Å². The molecule has 0 amide bonds. The number of hydrogen-bond acceptors (Lipinski definition) is 3. The van der Waals surface area contributed by atoms with E-state index in [-0.39, 0.29) is 12.0 Å². The average Bonchev–Trinajstić information content (AvgIpc) is 2.21. The molecule has 1 rings (SSSR count). The average molecular weight is 228 g/mol. The van der Waals surface area contributed by atoms with Crippen LogP contribution in [0.5, 0.6) is 0 Å². The summed E-state index contributed by atoms with van der Waals surface area (Å²) in [5.41, 5.74) is 0.941. The summed E-state index contributed by atoms with van der Waals surface area (Å²) in [5.74, 6) is -0.219. The molecule has 0 saturated heterocycles. The van der Waals surface area contributed by atoms with Gasteiger partial charge in [-0.25, -0.2) is 0 Å². The van der Waals surface area contributed by atoms with Crippen molar-refractivity contribution >= 4 is 23.3 Å². The summed E-state index contributed by atoms with van der Waals surface area (Å²) >= 11 is 5.75. The molecule has 0 aliphatic heterocycles. The molecule has 0 fully saturated rings. The third kappa shape index (κ3) is 4.21. The number of benzene rings is 1. The molecule has 15 heavy (non-hydrogen) atoms. The maximum atomic E-state index is 11.0. The minimum Gasteiger partial charge on any atom is -0.469 e. The zero-order valence-corrected chi connectivity index (χ0v) is 9.54. The van der Waals surface area contributed by atoms with Crippen LogP contribution in [0.1, 0.15) is 13.3 Å². The van der Waals surface area contributed by atoms with Gasteiger partial charge >= 0.3 is 5.97 Å². The van der Waals surface area contributed by atoms with Crippen molar-refractivity contribution in [2.45, 2.75) is 19.4 Å². The van der Waals surface area contributed by atoms with E-state index in [9.17, 15) is 4.79 Å². The minimum absolute atomic E-state index is 0.0404. The molecule has 1 N–H and O–H groups in total. The second kappa shape index (κ2) is 5.61. The monoisotopic (exact) mass is 227 g/mol. The Balaban J connectivity index is 2.47. The van der Waals surface area contributed by atoms with Gasteiger partial charge < -0.3 is 10.1 Å². The molecule has 0 spiro atoms. The van der Waals surface area contributed by atoms with Crippen molar-refractivity contribution < 1.29 is 9.53 Å². The summed E-state index contributed by atoms with van der Waals surface area (Å²) in [6.45, 7) is 1.92. The van der Waals surface area contributed by atoms with Gasteiger partial charge in [0.05, 0.1) is 13.5 Å². The Morgan fingerprint density at radius 3 is 2.60 bits per heavy atom. The van der Waals surface area contributed by atoms with Crippen LogP contribution < -0.4 is 5.32 Å². The largest absolute Gasteiger partial charge is 0.469 e. The maximum absolute atomic E-state index is 11.0. The van der Waals surface area contributed by atoms with Crippen LogP contribution in [0.15, 0.2) is 24.3 Å². The Morgan fingerprint density at radius 1 is 1.47 bits per heavy atom. The molecule has 0 saturated carbocycles. The van der Waals surface area contributed by atoms with E-state index in [0.29, 0.717) is 11.4 Å². The second-order valence-electron chi connectivity index (χ2n) is 3.33. The third-order valence-electron chi connectivity index (χ3n) is 1.96. The van der Waals surface area contributed by atoms with Gasteiger partial charge in [-0.05, 0) is 31.2 Å². The lowest BCUT2D eigenvalue weighted by atomic mass is 10.2. The van der Waals surface area contributed by atoms with E-state index < -0.39 is 0 Å². The molecule has 0 aliphatic rings. The highest BCUT2D eigenvalue weighted by Gasteiger charge is 2.08. The van der Waals surface area contributed by atoms with Crippen LogP contribution in [0.3, 0.4) is 0 Å². The number of carbonyl (C=O) groups excluding carboxylic acids is 1. The second-order valence-corrected chi connectivity index (χ2v) is 3.77. The summed E-state index contributed by atoms with van der Waals surface area (Å²) in [4.78, 5) is 11.0. The highest BCUT2D eigenvalue weighted by Crippen LogP contribution is 2.14. The van der Waals surface area contributed by atoms with E-state index in [1.807, 2.05) is 19.1 Å². The highest BCUT2D eigenvalue weighted by atomic mass is 35.5. The summed E-state index contributed by atoms with van der Waals surface area (Å²) < 4.78 is 4.58. The molecule has 1 aromatic rings. The van der Waals surface area contributed by atoms with Crippen molar-refractivity contribution in [1.29, 1.82) is 0 Å². The first-order valence-electron chi connectivity index (χ1n) is 4.70. The maximum Gasteiger partial charge on any atom is 0.307 e. The molecule has 82 valence electrons. The topological polar surface area (TPSA) is 38.3 Å². The number of anilines is 1. The molecule has 3 nitrogen and oxygen atoms in total. The van der Waals surface area contributed by atoms with Gasteiger partial charge in [-0.15, -0.1) is 0 Å². The molecular formula is C11H14ClNO2. The first kappa shape index (κ1) is 11.9. The van der Waals surface area contributed by atoms with Crippen LogP contribution in [0.2, 0.25) is 5.02 Å². The fourth-order valence-electron chi connectivity index (χ4n) is 1.21. The predicted octanol–water partition coefficient (Wildman–Crippen LogP) is 2.70. The normalized spacial score (nSPS) is 11.9. The van der Waals surface area contributed by atoms with Crippen LogP contribution in [0.25, 0.3) is 0 Å². The van der Waals surface area contributed by atoms with Crippen LogP contribution in [-0.4, -0.2) is 19.1 Å². The Bertz CT molecular complexity index is 324. The Labute approximate surface area is 94.4 Å². The van der Waals surface area contributed by atoms with Crippen molar-refractivity contribution in [2.75, 3.05) is 12.4 Å². The van der Waals surface area contributed by atoms with Gasteiger partial charge in [-0.1, -0.05) is 11.6 Å². The van der Waals surface area contributed by atoms with E-state index in [2.05, 4.69) is 10.1 Å². The Morgan fingerprint density at radius 2 is 2.07 bits per heavy atom. The summed E-state index contributed by atoms with van der Waals surface area (Å²) in [6, 6.07) is 7.38. The van der Waals surface area contributed by atoms with E-state index in [1.54, 1.807) is 12.1 Å². The van der Waals surface area contributed by atoms with E-state index in [0.717, 1.165) is 5.69 Å². The molecule has 0 unspecified atom stereocenters. The minimum atomic E-state index is -0.219. The van der Waals surface area contributed by atoms with Gasteiger partial charge in [0.1, 0.15) is 0 Å². The molecule has 0 aromatic heterocycles. The molecule has 1 aromatic carbocycles. The molecule has 0 radical (unpaired) electrons. The van der Waals surface area contributed by atoms with Gasteiger partial charge in [0.15, 0.2) is 0 Å². The first-order chi connectivity index (χ1) is 7.11. The van der Waals surface area contributed by atoms with Crippen molar-refractivity contribution in [3.8, 4) is 0 Å². The molecule has 4 heteroatoms. The standard InChI is InChI=1S/C11H14ClNO2/c1-8(7-11(14)15-2)13-10-5-3-9(12)4-6-10/h3-6,8,13H,7H2,1-2H3/t8-/m1/s1. The van der Waals surface area contributed by atoms with Gasteiger partial charge in [-0.3, -0.25) is 4.79 Å².